The van der Waals surface area contributed by atoms with Gasteiger partial charge in [0.1, 0.15) is 5.75 Å². The number of nitrogens with one attached hydrogen (secondary N) is 1. The molecule has 1 aliphatic rings. The van der Waals surface area contributed by atoms with Gasteiger partial charge in [-0.25, -0.2) is 0 Å². The van der Waals surface area contributed by atoms with Crippen LogP contribution in [0.5, 0.6) is 5.75 Å². The van der Waals surface area contributed by atoms with Crippen LogP contribution in [0, 0.1) is 0 Å². The Balaban J connectivity index is 1.93. The Morgan fingerprint density at radius 3 is 2.61 bits per heavy atom. The normalized spacial score (nSPS) is 19.4. The highest BCUT2D eigenvalue weighted by Gasteiger charge is 2.20. The maximum Gasteiger partial charge on any atom is 0.119 e. The van der Waals surface area contributed by atoms with Crippen molar-refractivity contribution in [1.29, 1.82) is 0 Å². The number of hydrogen-bond donors (Lipinski definition) is 1. The summed E-state index contributed by atoms with van der Waals surface area (Å²) in [5.74, 6) is 0.965. The second-order valence-corrected chi connectivity index (χ2v) is 4.79. The molecular formula is C15H24N2O. The van der Waals surface area contributed by atoms with Crippen LogP contribution < -0.4 is 10.1 Å². The highest BCUT2D eigenvalue weighted by molar-refractivity contribution is 5.27. The largest absolute Gasteiger partial charge is 0.494 e. The maximum absolute atomic E-state index is 5.47. The molecule has 1 unspecified atom stereocenters. The molecule has 0 aliphatic carbocycles. The minimum atomic E-state index is 0.696. The molecule has 1 aliphatic heterocycles. The van der Waals surface area contributed by atoms with Gasteiger partial charge >= 0.3 is 0 Å². The Kier molecular flexibility index (Phi) is 5.02. The molecule has 2 rings (SSSR count). The standard InChI is InChI=1S/C15H24N2O/c1-3-17(14-9-10-16-11-14)12-13-5-7-15(8-6-13)18-4-2/h5-8,14,16H,3-4,9-12H2,1-2H3. The highest BCUT2D eigenvalue weighted by atomic mass is 16.5. The average Bonchev–Trinajstić information content (AvgIpc) is 2.92. The molecule has 1 saturated heterocycles. The van der Waals surface area contributed by atoms with Gasteiger partial charge in [-0.15, -0.1) is 0 Å². The molecule has 18 heavy (non-hydrogen) atoms. The van der Waals surface area contributed by atoms with Gasteiger partial charge in [0, 0.05) is 19.1 Å². The van der Waals surface area contributed by atoms with Crippen LogP contribution in [0.2, 0.25) is 0 Å². The van der Waals surface area contributed by atoms with Gasteiger partial charge in [0.05, 0.1) is 6.61 Å². The zero-order chi connectivity index (χ0) is 12.8. The Labute approximate surface area is 110 Å². The first kappa shape index (κ1) is 13.4. The topological polar surface area (TPSA) is 24.5 Å². The van der Waals surface area contributed by atoms with E-state index in [2.05, 4.69) is 41.4 Å². The minimum absolute atomic E-state index is 0.696. The number of ether oxygens (including phenoxy) is 1. The van der Waals surface area contributed by atoms with Crippen molar-refractivity contribution in [2.75, 3.05) is 26.2 Å². The van der Waals surface area contributed by atoms with E-state index in [1.165, 1.54) is 12.0 Å². The fraction of sp³-hybridized carbons (Fsp3) is 0.600. The van der Waals surface area contributed by atoms with Crippen LogP contribution in [0.1, 0.15) is 25.8 Å². The summed E-state index contributed by atoms with van der Waals surface area (Å²) in [6.45, 7) is 9.42. The van der Waals surface area contributed by atoms with Crippen LogP contribution in [0.25, 0.3) is 0 Å². The Morgan fingerprint density at radius 2 is 2.06 bits per heavy atom. The molecular weight excluding hydrogens is 224 g/mol. The van der Waals surface area contributed by atoms with Gasteiger partial charge < -0.3 is 10.1 Å². The van der Waals surface area contributed by atoms with Crippen LogP contribution in [0.15, 0.2) is 24.3 Å². The van der Waals surface area contributed by atoms with Gasteiger partial charge in [0.2, 0.25) is 0 Å². The lowest BCUT2D eigenvalue weighted by Crippen LogP contribution is -2.36. The van der Waals surface area contributed by atoms with E-state index in [0.29, 0.717) is 6.04 Å². The summed E-state index contributed by atoms with van der Waals surface area (Å²) in [4.78, 5) is 2.55. The van der Waals surface area contributed by atoms with Crippen LogP contribution >= 0.6 is 0 Å². The maximum atomic E-state index is 5.47. The number of likely N-dealkylation sites (N-methyl/N-ethyl adjacent to an activating group) is 1. The van der Waals surface area contributed by atoms with Crippen molar-refractivity contribution < 1.29 is 4.74 Å². The van der Waals surface area contributed by atoms with Gasteiger partial charge in [-0.1, -0.05) is 19.1 Å². The van der Waals surface area contributed by atoms with E-state index >= 15 is 0 Å². The molecule has 0 amide bonds. The molecule has 0 aromatic heterocycles. The molecule has 0 bridgehead atoms. The summed E-state index contributed by atoms with van der Waals surface area (Å²) in [7, 11) is 0. The minimum Gasteiger partial charge on any atom is -0.494 e. The van der Waals surface area contributed by atoms with Crippen LogP contribution in [0.3, 0.4) is 0 Å². The average molecular weight is 248 g/mol. The Morgan fingerprint density at radius 1 is 1.28 bits per heavy atom. The molecule has 1 atom stereocenters. The van der Waals surface area contributed by atoms with Crippen molar-refractivity contribution >= 4 is 0 Å². The summed E-state index contributed by atoms with van der Waals surface area (Å²) < 4.78 is 5.47. The van der Waals surface area contributed by atoms with Crippen molar-refractivity contribution in [3.05, 3.63) is 29.8 Å². The summed E-state index contributed by atoms with van der Waals surface area (Å²) >= 11 is 0. The molecule has 100 valence electrons. The molecule has 0 radical (unpaired) electrons. The van der Waals surface area contributed by atoms with E-state index in [1.807, 2.05) is 6.92 Å². The van der Waals surface area contributed by atoms with Crippen molar-refractivity contribution in [2.45, 2.75) is 32.9 Å². The SMILES string of the molecule is CCOc1ccc(CN(CC)C2CCNC2)cc1. The monoisotopic (exact) mass is 248 g/mol. The third kappa shape index (κ3) is 3.47. The van der Waals surface area contributed by atoms with Crippen LogP contribution in [-0.2, 0) is 6.54 Å². The smallest absolute Gasteiger partial charge is 0.119 e. The number of rotatable bonds is 6. The van der Waals surface area contributed by atoms with Crippen molar-refractivity contribution in [3.8, 4) is 5.75 Å². The molecule has 0 spiro atoms. The van der Waals surface area contributed by atoms with Crippen LogP contribution in [-0.4, -0.2) is 37.2 Å². The predicted molar refractivity (Wildman–Crippen MR) is 75.0 cm³/mol. The van der Waals surface area contributed by atoms with Gasteiger partial charge in [0.15, 0.2) is 0 Å². The molecule has 3 nitrogen and oxygen atoms in total. The molecule has 1 aromatic rings. The molecule has 1 N–H and O–H groups in total. The van der Waals surface area contributed by atoms with E-state index in [0.717, 1.165) is 38.5 Å². The Bertz CT molecular complexity index is 344. The lowest BCUT2D eigenvalue weighted by Gasteiger charge is -2.26. The molecule has 1 aromatic carbocycles. The Hall–Kier alpha value is -1.06. The lowest BCUT2D eigenvalue weighted by molar-refractivity contribution is 0.210. The van der Waals surface area contributed by atoms with Crippen molar-refractivity contribution in [1.82, 2.24) is 10.2 Å². The van der Waals surface area contributed by atoms with Gasteiger partial charge in [-0.2, -0.15) is 0 Å². The first-order chi connectivity index (χ1) is 8.83. The van der Waals surface area contributed by atoms with Gasteiger partial charge in [0.25, 0.3) is 0 Å². The van der Waals surface area contributed by atoms with E-state index < -0.39 is 0 Å². The van der Waals surface area contributed by atoms with Gasteiger partial charge in [-0.05, 0) is 44.1 Å². The second kappa shape index (κ2) is 6.76. The number of benzene rings is 1. The second-order valence-electron chi connectivity index (χ2n) is 4.79. The molecule has 1 heterocycles. The first-order valence-corrected chi connectivity index (χ1v) is 7.00. The molecule has 1 fully saturated rings. The van der Waals surface area contributed by atoms with Gasteiger partial charge in [-0.3, -0.25) is 4.90 Å². The molecule has 0 saturated carbocycles. The highest BCUT2D eigenvalue weighted by Crippen LogP contribution is 2.16. The predicted octanol–water partition coefficient (Wildman–Crippen LogP) is 2.27. The first-order valence-electron chi connectivity index (χ1n) is 7.00. The van der Waals surface area contributed by atoms with E-state index in [4.69, 9.17) is 4.74 Å². The summed E-state index contributed by atoms with van der Waals surface area (Å²) in [5.41, 5.74) is 1.37. The quantitative estimate of drug-likeness (QED) is 0.836. The molecule has 3 heteroatoms. The van der Waals surface area contributed by atoms with Crippen molar-refractivity contribution in [2.24, 2.45) is 0 Å². The third-order valence-corrected chi connectivity index (χ3v) is 3.58. The van der Waals surface area contributed by atoms with Crippen molar-refractivity contribution in [3.63, 3.8) is 0 Å². The van der Waals surface area contributed by atoms with E-state index in [9.17, 15) is 0 Å². The third-order valence-electron chi connectivity index (χ3n) is 3.58. The van der Waals surface area contributed by atoms with Crippen LogP contribution in [0.4, 0.5) is 0 Å². The summed E-state index contributed by atoms with van der Waals surface area (Å²) in [6.07, 6.45) is 1.27. The number of nitrogens with zero attached hydrogens (tertiary/aromatic N) is 1. The fourth-order valence-corrected chi connectivity index (χ4v) is 2.54. The number of hydrogen-bond acceptors (Lipinski definition) is 3. The summed E-state index contributed by atoms with van der Waals surface area (Å²) in [6, 6.07) is 9.19. The van der Waals surface area contributed by atoms with E-state index in [-0.39, 0.29) is 0 Å². The van der Waals surface area contributed by atoms with E-state index in [1.54, 1.807) is 0 Å². The fourth-order valence-electron chi connectivity index (χ4n) is 2.54. The zero-order valence-electron chi connectivity index (χ0n) is 11.5. The summed E-state index contributed by atoms with van der Waals surface area (Å²) in [5, 5.41) is 3.44. The zero-order valence-corrected chi connectivity index (χ0v) is 11.5. The lowest BCUT2D eigenvalue weighted by atomic mass is 10.1.